The lowest BCUT2D eigenvalue weighted by atomic mass is 9.84. The van der Waals surface area contributed by atoms with Crippen LogP contribution >= 0.6 is 12.4 Å². The van der Waals surface area contributed by atoms with Crippen LogP contribution in [0.5, 0.6) is 0 Å². The third kappa shape index (κ3) is 4.60. The number of carbonyl (C=O) groups is 2. The molecule has 2 bridgehead atoms. The standard InChI is InChI=1S/C22H24FN3O2.ClH/c23-17-7-5-14(6-8-17)21(27)26-18-9-1-13(2-10-18)12-25-22(28)19-15-3-4-16(11-15)20(19)24;/h1-2,5-10,15-16,19-20H,3-4,11-12,24H2,(H,25,28)(H,26,27);1H. The Hall–Kier alpha value is -2.44. The zero-order valence-electron chi connectivity index (χ0n) is 15.9. The highest BCUT2D eigenvalue weighted by molar-refractivity contribution is 6.04. The van der Waals surface area contributed by atoms with E-state index in [2.05, 4.69) is 10.6 Å². The molecule has 2 aliphatic carbocycles. The SMILES string of the molecule is Cl.NC1C2CCC(C2)C1C(=O)NCc1ccc(NC(=O)c2ccc(F)cc2)cc1. The van der Waals surface area contributed by atoms with Crippen molar-refractivity contribution in [3.63, 3.8) is 0 Å². The average molecular weight is 418 g/mol. The highest BCUT2D eigenvalue weighted by Gasteiger charge is 2.48. The molecule has 2 aromatic carbocycles. The third-order valence-corrected chi connectivity index (χ3v) is 6.07. The molecular weight excluding hydrogens is 393 g/mol. The third-order valence-electron chi connectivity index (χ3n) is 6.07. The lowest BCUT2D eigenvalue weighted by Gasteiger charge is -2.27. The topological polar surface area (TPSA) is 84.2 Å². The van der Waals surface area contributed by atoms with E-state index < -0.39 is 0 Å². The Morgan fingerprint density at radius 1 is 1.00 bits per heavy atom. The Bertz CT molecular complexity index is 871. The summed E-state index contributed by atoms with van der Waals surface area (Å²) in [6, 6.07) is 12.7. The van der Waals surface area contributed by atoms with Gasteiger partial charge in [0.15, 0.2) is 0 Å². The van der Waals surface area contributed by atoms with Crippen LogP contribution in [0.4, 0.5) is 10.1 Å². The highest BCUT2D eigenvalue weighted by atomic mass is 35.5. The minimum Gasteiger partial charge on any atom is -0.352 e. The molecule has 2 saturated carbocycles. The monoisotopic (exact) mass is 417 g/mol. The number of nitrogens with one attached hydrogen (secondary N) is 2. The molecule has 4 N–H and O–H groups in total. The maximum absolute atomic E-state index is 12.9. The van der Waals surface area contributed by atoms with Crippen molar-refractivity contribution in [1.29, 1.82) is 0 Å². The summed E-state index contributed by atoms with van der Waals surface area (Å²) in [5.74, 6) is 0.246. The smallest absolute Gasteiger partial charge is 0.255 e. The molecule has 7 heteroatoms. The number of fused-ring (bicyclic) bond motifs is 2. The molecule has 0 saturated heterocycles. The number of benzene rings is 2. The summed E-state index contributed by atoms with van der Waals surface area (Å²) in [7, 11) is 0. The summed E-state index contributed by atoms with van der Waals surface area (Å²) in [5.41, 5.74) is 8.21. The normalized spacial score (nSPS) is 24.6. The quantitative estimate of drug-likeness (QED) is 0.696. The van der Waals surface area contributed by atoms with Gasteiger partial charge in [-0.15, -0.1) is 12.4 Å². The Labute approximate surface area is 175 Å². The van der Waals surface area contributed by atoms with Crippen LogP contribution < -0.4 is 16.4 Å². The molecule has 2 fully saturated rings. The zero-order valence-corrected chi connectivity index (χ0v) is 16.8. The van der Waals surface area contributed by atoms with Crippen LogP contribution in [-0.2, 0) is 11.3 Å². The second kappa shape index (κ2) is 8.93. The minimum atomic E-state index is -0.380. The number of hydrogen-bond donors (Lipinski definition) is 3. The largest absolute Gasteiger partial charge is 0.352 e. The first kappa shape index (κ1) is 21.3. The number of amides is 2. The lowest BCUT2D eigenvalue weighted by Crippen LogP contribution is -2.45. The van der Waals surface area contributed by atoms with Crippen LogP contribution in [0, 0.1) is 23.6 Å². The maximum atomic E-state index is 12.9. The zero-order chi connectivity index (χ0) is 19.7. The Balaban J connectivity index is 0.00000240. The van der Waals surface area contributed by atoms with Crippen molar-refractivity contribution in [1.82, 2.24) is 5.32 Å². The van der Waals surface area contributed by atoms with Gasteiger partial charge in [0.25, 0.3) is 5.91 Å². The molecular formula is C22H25ClFN3O2. The van der Waals surface area contributed by atoms with Crippen LogP contribution in [0.15, 0.2) is 48.5 Å². The predicted octanol–water partition coefficient (Wildman–Crippen LogP) is 3.49. The summed E-state index contributed by atoms with van der Waals surface area (Å²) < 4.78 is 12.9. The van der Waals surface area contributed by atoms with Crippen molar-refractivity contribution in [3.8, 4) is 0 Å². The van der Waals surface area contributed by atoms with Crippen molar-refractivity contribution >= 4 is 29.9 Å². The first-order valence-corrected chi connectivity index (χ1v) is 9.70. The Morgan fingerprint density at radius 2 is 1.66 bits per heavy atom. The number of halogens is 2. The molecule has 0 heterocycles. The molecule has 0 aromatic heterocycles. The number of nitrogens with two attached hydrogens (primary N) is 1. The van der Waals surface area contributed by atoms with Gasteiger partial charge in [0.2, 0.25) is 5.91 Å². The predicted molar refractivity (Wildman–Crippen MR) is 112 cm³/mol. The summed E-state index contributed by atoms with van der Waals surface area (Å²) >= 11 is 0. The maximum Gasteiger partial charge on any atom is 0.255 e. The van der Waals surface area contributed by atoms with Gasteiger partial charge in [-0.3, -0.25) is 9.59 Å². The molecule has 4 rings (SSSR count). The van der Waals surface area contributed by atoms with Gasteiger partial charge in [0, 0.05) is 23.8 Å². The molecule has 0 aliphatic heterocycles. The molecule has 29 heavy (non-hydrogen) atoms. The van der Waals surface area contributed by atoms with E-state index in [4.69, 9.17) is 5.73 Å². The fourth-order valence-corrected chi connectivity index (χ4v) is 4.54. The van der Waals surface area contributed by atoms with Crippen LogP contribution in [0.3, 0.4) is 0 Å². The van der Waals surface area contributed by atoms with Crippen molar-refractivity contribution < 1.29 is 14.0 Å². The van der Waals surface area contributed by atoms with E-state index in [1.165, 1.54) is 24.3 Å². The molecule has 2 aliphatic rings. The fraction of sp³-hybridized carbons (Fsp3) is 0.364. The van der Waals surface area contributed by atoms with E-state index in [-0.39, 0.29) is 42.0 Å². The van der Waals surface area contributed by atoms with Gasteiger partial charge in [0.05, 0.1) is 5.92 Å². The molecule has 0 radical (unpaired) electrons. The van der Waals surface area contributed by atoms with Crippen LogP contribution in [0.1, 0.15) is 35.2 Å². The second-order valence-corrected chi connectivity index (χ2v) is 7.81. The highest BCUT2D eigenvalue weighted by Crippen LogP contribution is 2.47. The van der Waals surface area contributed by atoms with E-state index >= 15 is 0 Å². The molecule has 4 atom stereocenters. The molecule has 0 spiro atoms. The summed E-state index contributed by atoms with van der Waals surface area (Å²) in [6.07, 6.45) is 3.35. The van der Waals surface area contributed by atoms with E-state index in [1.807, 2.05) is 12.1 Å². The molecule has 4 unspecified atom stereocenters. The molecule has 5 nitrogen and oxygen atoms in total. The Morgan fingerprint density at radius 3 is 2.28 bits per heavy atom. The second-order valence-electron chi connectivity index (χ2n) is 7.81. The molecule has 2 amide bonds. The summed E-state index contributed by atoms with van der Waals surface area (Å²) in [4.78, 5) is 24.7. The van der Waals surface area contributed by atoms with Crippen molar-refractivity contribution in [2.45, 2.75) is 31.8 Å². The van der Waals surface area contributed by atoms with Gasteiger partial charge in [-0.25, -0.2) is 4.39 Å². The van der Waals surface area contributed by atoms with E-state index in [9.17, 15) is 14.0 Å². The first-order valence-electron chi connectivity index (χ1n) is 9.70. The molecule has 2 aromatic rings. The van der Waals surface area contributed by atoms with E-state index in [1.54, 1.807) is 12.1 Å². The average Bonchev–Trinajstić information content (AvgIpc) is 3.29. The van der Waals surface area contributed by atoms with Crippen molar-refractivity contribution in [2.75, 3.05) is 5.32 Å². The fourth-order valence-electron chi connectivity index (χ4n) is 4.54. The van der Waals surface area contributed by atoms with E-state index in [0.717, 1.165) is 24.8 Å². The van der Waals surface area contributed by atoms with Crippen LogP contribution in [-0.4, -0.2) is 17.9 Å². The summed E-state index contributed by atoms with van der Waals surface area (Å²) in [6.45, 7) is 0.436. The lowest BCUT2D eigenvalue weighted by molar-refractivity contribution is -0.127. The van der Waals surface area contributed by atoms with Crippen molar-refractivity contribution in [2.24, 2.45) is 23.5 Å². The molecule has 154 valence electrons. The van der Waals surface area contributed by atoms with Crippen LogP contribution in [0.25, 0.3) is 0 Å². The first-order chi connectivity index (χ1) is 13.5. The van der Waals surface area contributed by atoms with Gasteiger partial charge in [-0.1, -0.05) is 12.1 Å². The van der Waals surface area contributed by atoms with Gasteiger partial charge in [0.1, 0.15) is 5.82 Å². The van der Waals surface area contributed by atoms with Crippen LogP contribution in [0.2, 0.25) is 0 Å². The van der Waals surface area contributed by atoms with Gasteiger partial charge >= 0.3 is 0 Å². The van der Waals surface area contributed by atoms with Gasteiger partial charge < -0.3 is 16.4 Å². The van der Waals surface area contributed by atoms with Gasteiger partial charge in [-0.05, 0) is 73.1 Å². The minimum absolute atomic E-state index is 0. The number of anilines is 1. The van der Waals surface area contributed by atoms with Gasteiger partial charge in [-0.2, -0.15) is 0 Å². The van der Waals surface area contributed by atoms with E-state index in [0.29, 0.717) is 29.6 Å². The van der Waals surface area contributed by atoms with Crippen molar-refractivity contribution in [3.05, 3.63) is 65.5 Å². The Kier molecular flexibility index (Phi) is 6.55. The summed E-state index contributed by atoms with van der Waals surface area (Å²) in [5, 5.41) is 5.78. The number of rotatable bonds is 5. The number of hydrogen-bond acceptors (Lipinski definition) is 3. The number of carbonyl (C=O) groups excluding carboxylic acids is 2.